The molecule has 8 heteroatoms. The van der Waals surface area contributed by atoms with Crippen molar-refractivity contribution < 1.29 is 9.53 Å². The highest BCUT2D eigenvalue weighted by molar-refractivity contribution is 5.97. The van der Waals surface area contributed by atoms with Gasteiger partial charge in [-0.1, -0.05) is 12.1 Å². The van der Waals surface area contributed by atoms with Crippen LogP contribution in [0.25, 0.3) is 0 Å². The first-order chi connectivity index (χ1) is 14.1. The molecule has 8 nitrogen and oxygen atoms in total. The van der Waals surface area contributed by atoms with E-state index < -0.39 is 0 Å². The van der Waals surface area contributed by atoms with Crippen molar-refractivity contribution >= 4 is 17.3 Å². The van der Waals surface area contributed by atoms with Gasteiger partial charge in [0.05, 0.1) is 24.7 Å². The monoisotopic (exact) mass is 398 g/mol. The Morgan fingerprint density at radius 1 is 1.21 bits per heavy atom. The second-order valence-electron chi connectivity index (χ2n) is 7.27. The van der Waals surface area contributed by atoms with Crippen molar-refractivity contribution in [2.75, 3.05) is 70.7 Å². The van der Waals surface area contributed by atoms with Crippen LogP contribution in [0.4, 0.5) is 11.4 Å². The van der Waals surface area contributed by atoms with Crippen LogP contribution in [0.15, 0.2) is 36.8 Å². The molecule has 1 amide bonds. The number of ether oxygens (including phenoxy) is 1. The molecule has 1 aliphatic heterocycles. The van der Waals surface area contributed by atoms with Gasteiger partial charge in [0.1, 0.15) is 12.1 Å². The quantitative estimate of drug-likeness (QED) is 0.680. The van der Waals surface area contributed by atoms with Gasteiger partial charge in [-0.15, -0.1) is 0 Å². The fraction of sp³-hybridized carbons (Fsp3) is 0.476. The molecule has 3 rings (SSSR count). The number of para-hydroxylation sites is 2. The van der Waals surface area contributed by atoms with Crippen LogP contribution in [0.2, 0.25) is 0 Å². The standard InChI is InChI=1S/C21H30N6O2/c1-25(2)21(28)20-17(15-22-16-24-20)23-9-6-10-26-11-13-27(14-12-26)18-7-4-5-8-19(18)29-3/h4-5,7-8,15-16,23H,6,9-14H2,1-3H3. The van der Waals surface area contributed by atoms with Gasteiger partial charge in [0.15, 0.2) is 5.69 Å². The summed E-state index contributed by atoms with van der Waals surface area (Å²) < 4.78 is 5.49. The molecule has 1 N–H and O–H groups in total. The fourth-order valence-electron chi connectivity index (χ4n) is 3.47. The molecule has 0 bridgehead atoms. The first-order valence-corrected chi connectivity index (χ1v) is 9.96. The van der Waals surface area contributed by atoms with Crippen LogP contribution in [0.3, 0.4) is 0 Å². The van der Waals surface area contributed by atoms with E-state index in [2.05, 4.69) is 37.2 Å². The van der Waals surface area contributed by atoms with Crippen molar-refractivity contribution in [3.8, 4) is 5.75 Å². The van der Waals surface area contributed by atoms with Crippen molar-refractivity contribution in [2.45, 2.75) is 6.42 Å². The molecular weight excluding hydrogens is 368 g/mol. The molecule has 0 atom stereocenters. The minimum Gasteiger partial charge on any atom is -0.495 e. The lowest BCUT2D eigenvalue weighted by atomic mass is 10.2. The lowest BCUT2D eigenvalue weighted by Gasteiger charge is -2.36. The Morgan fingerprint density at radius 2 is 1.97 bits per heavy atom. The Bertz CT molecular complexity index is 805. The molecule has 2 aromatic rings. The smallest absolute Gasteiger partial charge is 0.274 e. The van der Waals surface area contributed by atoms with Crippen molar-refractivity contribution in [1.82, 2.24) is 19.8 Å². The van der Waals surface area contributed by atoms with Crippen LogP contribution in [0, 0.1) is 0 Å². The van der Waals surface area contributed by atoms with E-state index in [1.54, 1.807) is 27.4 Å². The number of nitrogens with zero attached hydrogens (tertiary/aromatic N) is 5. The van der Waals surface area contributed by atoms with E-state index in [-0.39, 0.29) is 5.91 Å². The van der Waals surface area contributed by atoms with Gasteiger partial charge < -0.3 is 19.9 Å². The summed E-state index contributed by atoms with van der Waals surface area (Å²) in [6.45, 7) is 5.81. The maximum absolute atomic E-state index is 12.2. The molecule has 156 valence electrons. The van der Waals surface area contributed by atoms with E-state index in [4.69, 9.17) is 4.74 Å². The second-order valence-corrected chi connectivity index (χ2v) is 7.27. The molecule has 0 spiro atoms. The van der Waals surface area contributed by atoms with Gasteiger partial charge in [0.2, 0.25) is 0 Å². The summed E-state index contributed by atoms with van der Waals surface area (Å²) in [6, 6.07) is 8.18. The minimum absolute atomic E-state index is 0.123. The SMILES string of the molecule is COc1ccccc1N1CCN(CCCNc2cncnc2C(=O)N(C)C)CC1. The molecule has 1 fully saturated rings. The van der Waals surface area contributed by atoms with E-state index in [9.17, 15) is 4.79 Å². The molecular formula is C21H30N6O2. The van der Waals surface area contributed by atoms with Crippen molar-refractivity contribution in [3.05, 3.63) is 42.5 Å². The molecule has 1 aliphatic rings. The number of carbonyl (C=O) groups is 1. The normalized spacial score (nSPS) is 14.5. The van der Waals surface area contributed by atoms with Crippen molar-refractivity contribution in [2.24, 2.45) is 0 Å². The highest BCUT2D eigenvalue weighted by Crippen LogP contribution is 2.28. The number of piperazine rings is 1. The zero-order valence-corrected chi connectivity index (χ0v) is 17.5. The first kappa shape index (κ1) is 20.9. The van der Waals surface area contributed by atoms with E-state index in [0.717, 1.165) is 51.4 Å². The van der Waals surface area contributed by atoms with Gasteiger partial charge in [0.25, 0.3) is 5.91 Å². The maximum Gasteiger partial charge on any atom is 0.274 e. The maximum atomic E-state index is 12.2. The molecule has 0 aliphatic carbocycles. The lowest BCUT2D eigenvalue weighted by molar-refractivity contribution is 0.0822. The molecule has 1 aromatic heterocycles. The summed E-state index contributed by atoms with van der Waals surface area (Å²) in [5.74, 6) is 0.806. The first-order valence-electron chi connectivity index (χ1n) is 9.96. The minimum atomic E-state index is -0.123. The number of nitrogens with one attached hydrogen (secondary N) is 1. The third-order valence-corrected chi connectivity index (χ3v) is 5.09. The number of carbonyl (C=O) groups excluding carboxylic acids is 1. The summed E-state index contributed by atoms with van der Waals surface area (Å²) in [5.41, 5.74) is 2.26. The summed E-state index contributed by atoms with van der Waals surface area (Å²) in [6.07, 6.45) is 4.05. The van der Waals surface area contributed by atoms with Crippen LogP contribution in [0.5, 0.6) is 5.75 Å². The number of hydrogen-bond acceptors (Lipinski definition) is 7. The van der Waals surface area contributed by atoms with Gasteiger partial charge in [-0.2, -0.15) is 0 Å². The Balaban J connectivity index is 1.44. The van der Waals surface area contributed by atoms with Crippen LogP contribution in [0.1, 0.15) is 16.9 Å². The number of amides is 1. The molecule has 0 unspecified atom stereocenters. The topological polar surface area (TPSA) is 73.8 Å². The Labute approximate surface area is 172 Å². The number of methoxy groups -OCH3 is 1. The Kier molecular flexibility index (Phi) is 7.24. The average Bonchev–Trinajstić information content (AvgIpc) is 2.77. The predicted molar refractivity (Wildman–Crippen MR) is 115 cm³/mol. The van der Waals surface area contributed by atoms with Crippen LogP contribution < -0.4 is 15.0 Å². The molecule has 29 heavy (non-hydrogen) atoms. The molecule has 0 saturated carbocycles. The summed E-state index contributed by atoms with van der Waals surface area (Å²) in [5, 5.41) is 3.31. The van der Waals surface area contributed by atoms with Crippen LogP contribution in [-0.2, 0) is 0 Å². The average molecular weight is 399 g/mol. The van der Waals surface area contributed by atoms with Crippen molar-refractivity contribution in [3.63, 3.8) is 0 Å². The lowest BCUT2D eigenvalue weighted by Crippen LogP contribution is -2.47. The fourth-order valence-corrected chi connectivity index (χ4v) is 3.47. The third-order valence-electron chi connectivity index (χ3n) is 5.09. The van der Waals surface area contributed by atoms with Gasteiger partial charge in [-0.05, 0) is 25.1 Å². The highest BCUT2D eigenvalue weighted by atomic mass is 16.5. The molecule has 1 aromatic carbocycles. The van der Waals surface area contributed by atoms with E-state index in [0.29, 0.717) is 11.4 Å². The Morgan fingerprint density at radius 3 is 2.69 bits per heavy atom. The summed E-state index contributed by atoms with van der Waals surface area (Å²) in [7, 11) is 5.16. The molecule has 2 heterocycles. The summed E-state index contributed by atoms with van der Waals surface area (Å²) in [4.78, 5) is 26.8. The number of anilines is 2. The van der Waals surface area contributed by atoms with E-state index in [1.165, 1.54) is 16.9 Å². The Hall–Kier alpha value is -2.87. The number of hydrogen-bond donors (Lipinski definition) is 1. The summed E-state index contributed by atoms with van der Waals surface area (Å²) >= 11 is 0. The number of rotatable bonds is 8. The van der Waals surface area contributed by atoms with Crippen molar-refractivity contribution in [1.29, 1.82) is 0 Å². The molecule has 1 saturated heterocycles. The van der Waals surface area contributed by atoms with Gasteiger partial charge in [-0.3, -0.25) is 9.69 Å². The predicted octanol–water partition coefficient (Wildman–Crippen LogP) is 1.81. The van der Waals surface area contributed by atoms with Crippen LogP contribution in [-0.4, -0.2) is 86.1 Å². The highest BCUT2D eigenvalue weighted by Gasteiger charge is 2.19. The largest absolute Gasteiger partial charge is 0.495 e. The zero-order chi connectivity index (χ0) is 20.6. The second kappa shape index (κ2) is 10.1. The number of aromatic nitrogens is 2. The zero-order valence-electron chi connectivity index (χ0n) is 17.5. The van der Waals surface area contributed by atoms with Gasteiger partial charge in [0, 0.05) is 46.8 Å². The van der Waals surface area contributed by atoms with Gasteiger partial charge in [-0.25, -0.2) is 9.97 Å². The van der Waals surface area contributed by atoms with E-state index in [1.807, 2.05) is 12.1 Å². The molecule has 0 radical (unpaired) electrons. The van der Waals surface area contributed by atoms with Gasteiger partial charge >= 0.3 is 0 Å². The van der Waals surface area contributed by atoms with Crippen LogP contribution >= 0.6 is 0 Å². The third kappa shape index (κ3) is 5.35. The van der Waals surface area contributed by atoms with E-state index >= 15 is 0 Å². The number of benzene rings is 1.